The predicted molar refractivity (Wildman–Crippen MR) is 132 cm³/mol. The number of dihydropyridines is 1. The van der Waals surface area contributed by atoms with Crippen LogP contribution in [0.3, 0.4) is 0 Å². The number of non-ortho nitro benzene ring substituents is 1. The summed E-state index contributed by atoms with van der Waals surface area (Å²) in [4.78, 5) is 36.8. The van der Waals surface area contributed by atoms with Crippen molar-refractivity contribution in [3.8, 4) is 5.75 Å². The fourth-order valence-corrected chi connectivity index (χ4v) is 4.73. The summed E-state index contributed by atoms with van der Waals surface area (Å²) in [5.41, 5.74) is 5.03. The number of esters is 1. The smallest absolute Gasteiger partial charge is 0.336 e. The van der Waals surface area contributed by atoms with E-state index in [9.17, 15) is 19.7 Å². The minimum Gasteiger partial charge on any atom is -0.489 e. The van der Waals surface area contributed by atoms with E-state index in [0.717, 1.165) is 11.1 Å². The van der Waals surface area contributed by atoms with Crippen LogP contribution >= 0.6 is 0 Å². The lowest BCUT2D eigenvalue weighted by atomic mass is 9.80. The summed E-state index contributed by atoms with van der Waals surface area (Å²) in [6.07, 6.45) is 0. The number of nitro benzene ring substituents is 1. The molecule has 1 atom stereocenters. The standard InChI is InChI=1S/C28H22N2O6/c1-16-23(28(32)35-2)24(25-26(29-16)21-8-3-4-9-22(21)27(25)31)18-10-12-20(13-11-18)36-15-17-6-5-7-19(14-17)30(33)34/h3-14,24,29H,15H2,1-2H3/t24-/m1/s1. The van der Waals surface area contributed by atoms with Gasteiger partial charge in [-0.3, -0.25) is 14.9 Å². The molecule has 2 aliphatic rings. The number of carbonyl (C=O) groups excluding carboxylic acids is 2. The number of allylic oxidation sites excluding steroid dienone is 2. The normalized spacial score (nSPS) is 16.3. The highest BCUT2D eigenvalue weighted by Gasteiger charge is 2.42. The molecule has 1 aliphatic carbocycles. The highest BCUT2D eigenvalue weighted by Crippen LogP contribution is 2.46. The first-order valence-electron chi connectivity index (χ1n) is 11.3. The molecule has 0 amide bonds. The Labute approximate surface area is 207 Å². The molecule has 1 heterocycles. The third-order valence-corrected chi connectivity index (χ3v) is 6.39. The summed E-state index contributed by atoms with van der Waals surface area (Å²) in [5.74, 6) is -0.696. The van der Waals surface area contributed by atoms with E-state index in [-0.39, 0.29) is 18.1 Å². The zero-order chi connectivity index (χ0) is 25.4. The van der Waals surface area contributed by atoms with Crippen LogP contribution in [0.15, 0.2) is 89.6 Å². The lowest BCUT2D eigenvalue weighted by Crippen LogP contribution is -2.29. The van der Waals surface area contributed by atoms with E-state index in [2.05, 4.69) is 5.32 Å². The maximum absolute atomic E-state index is 13.4. The Morgan fingerprint density at radius 1 is 1.03 bits per heavy atom. The molecule has 1 N–H and O–H groups in total. The molecule has 0 bridgehead atoms. The molecule has 3 aromatic rings. The van der Waals surface area contributed by atoms with Crippen molar-refractivity contribution < 1.29 is 24.0 Å². The van der Waals surface area contributed by atoms with Crippen LogP contribution in [-0.4, -0.2) is 23.8 Å². The molecule has 0 spiro atoms. The van der Waals surface area contributed by atoms with Gasteiger partial charge in [0.15, 0.2) is 5.78 Å². The number of fused-ring (bicyclic) bond motifs is 2. The van der Waals surface area contributed by atoms with Gasteiger partial charge in [0, 0.05) is 40.4 Å². The fourth-order valence-electron chi connectivity index (χ4n) is 4.73. The summed E-state index contributed by atoms with van der Waals surface area (Å²) in [7, 11) is 1.32. The Hall–Kier alpha value is -4.72. The molecule has 0 saturated carbocycles. The van der Waals surface area contributed by atoms with Gasteiger partial charge in [0.25, 0.3) is 5.69 Å². The molecule has 36 heavy (non-hydrogen) atoms. The molecule has 5 rings (SSSR count). The molecule has 0 fully saturated rings. The van der Waals surface area contributed by atoms with Gasteiger partial charge in [-0.2, -0.15) is 0 Å². The Bertz CT molecular complexity index is 1470. The maximum atomic E-state index is 13.4. The number of nitrogens with zero attached hydrogens (tertiary/aromatic N) is 1. The Morgan fingerprint density at radius 3 is 2.44 bits per heavy atom. The number of Topliss-reactive ketones (excluding diaryl/α,β-unsaturated/α-hetero) is 1. The quantitative estimate of drug-likeness (QED) is 0.302. The molecule has 0 saturated heterocycles. The fraction of sp³-hybridized carbons (Fsp3) is 0.143. The molecule has 0 aromatic heterocycles. The van der Waals surface area contributed by atoms with Crippen molar-refractivity contribution in [2.75, 3.05) is 7.11 Å². The van der Waals surface area contributed by atoms with Gasteiger partial charge in [0.2, 0.25) is 0 Å². The van der Waals surface area contributed by atoms with Gasteiger partial charge in [-0.05, 0) is 30.2 Å². The number of hydrogen-bond acceptors (Lipinski definition) is 7. The second-order valence-electron chi connectivity index (χ2n) is 8.54. The third kappa shape index (κ3) is 3.92. The number of carbonyl (C=O) groups is 2. The van der Waals surface area contributed by atoms with Gasteiger partial charge in [-0.1, -0.05) is 48.5 Å². The lowest BCUT2D eigenvalue weighted by Gasteiger charge is -2.29. The second kappa shape index (κ2) is 9.14. The van der Waals surface area contributed by atoms with E-state index in [1.807, 2.05) is 30.3 Å². The molecule has 0 radical (unpaired) electrons. The van der Waals surface area contributed by atoms with Gasteiger partial charge >= 0.3 is 5.97 Å². The minimum absolute atomic E-state index is 0.00107. The van der Waals surface area contributed by atoms with E-state index in [1.54, 1.807) is 37.3 Å². The van der Waals surface area contributed by atoms with Crippen LogP contribution in [-0.2, 0) is 16.1 Å². The van der Waals surface area contributed by atoms with Crippen LogP contribution in [0.5, 0.6) is 5.75 Å². The van der Waals surface area contributed by atoms with Crippen LogP contribution in [0.25, 0.3) is 5.70 Å². The van der Waals surface area contributed by atoms with Crippen molar-refractivity contribution in [3.63, 3.8) is 0 Å². The lowest BCUT2D eigenvalue weighted by molar-refractivity contribution is -0.384. The molecule has 8 heteroatoms. The van der Waals surface area contributed by atoms with Crippen molar-refractivity contribution in [2.24, 2.45) is 0 Å². The number of ether oxygens (including phenoxy) is 2. The van der Waals surface area contributed by atoms with Crippen LogP contribution < -0.4 is 10.1 Å². The number of nitro groups is 1. The number of rotatable bonds is 6. The Balaban J connectivity index is 1.46. The van der Waals surface area contributed by atoms with Gasteiger partial charge in [-0.25, -0.2) is 4.79 Å². The molecule has 3 aromatic carbocycles. The Kier molecular flexibility index (Phi) is 5.85. The van der Waals surface area contributed by atoms with Gasteiger partial charge < -0.3 is 14.8 Å². The first kappa shape index (κ1) is 23.0. The first-order chi connectivity index (χ1) is 17.4. The number of hydrogen-bond donors (Lipinski definition) is 1. The molecule has 0 unspecified atom stereocenters. The van der Waals surface area contributed by atoms with Crippen molar-refractivity contribution in [3.05, 3.63) is 122 Å². The van der Waals surface area contributed by atoms with Crippen molar-refractivity contribution in [2.45, 2.75) is 19.4 Å². The average Bonchev–Trinajstić information content (AvgIpc) is 3.18. The molecular formula is C28H22N2O6. The molecular weight excluding hydrogens is 460 g/mol. The summed E-state index contributed by atoms with van der Waals surface area (Å²) in [6.45, 7) is 1.95. The molecule has 180 valence electrons. The topological polar surface area (TPSA) is 108 Å². The first-order valence-corrected chi connectivity index (χ1v) is 11.3. The SMILES string of the molecule is COC(=O)C1=C(C)NC2=C(C(=O)c3ccccc32)[C@@H]1c1ccc(OCc2cccc([N+](=O)[O-])c2)cc1. The Morgan fingerprint density at radius 2 is 1.75 bits per heavy atom. The number of methoxy groups -OCH3 is 1. The highest BCUT2D eigenvalue weighted by molar-refractivity contribution is 6.23. The number of nitrogens with one attached hydrogen (secondary N) is 1. The second-order valence-corrected chi connectivity index (χ2v) is 8.54. The van der Waals surface area contributed by atoms with Gasteiger partial charge in [0.05, 0.1) is 23.3 Å². The van der Waals surface area contributed by atoms with Crippen molar-refractivity contribution in [1.82, 2.24) is 5.32 Å². The summed E-state index contributed by atoms with van der Waals surface area (Å²) in [5, 5.41) is 14.3. The third-order valence-electron chi connectivity index (χ3n) is 6.39. The van der Waals surface area contributed by atoms with Crippen LogP contribution in [0.2, 0.25) is 0 Å². The van der Waals surface area contributed by atoms with E-state index >= 15 is 0 Å². The van der Waals surface area contributed by atoms with Crippen molar-refractivity contribution >= 4 is 23.1 Å². The van der Waals surface area contributed by atoms with Crippen LogP contribution in [0.4, 0.5) is 5.69 Å². The minimum atomic E-state index is -0.612. The molecule has 1 aliphatic heterocycles. The van der Waals surface area contributed by atoms with Crippen molar-refractivity contribution in [1.29, 1.82) is 0 Å². The van der Waals surface area contributed by atoms with Crippen LogP contribution in [0.1, 0.15) is 39.9 Å². The van der Waals surface area contributed by atoms with E-state index < -0.39 is 16.8 Å². The largest absolute Gasteiger partial charge is 0.489 e. The van der Waals surface area contributed by atoms with E-state index in [4.69, 9.17) is 9.47 Å². The summed E-state index contributed by atoms with van der Waals surface area (Å²) < 4.78 is 10.9. The summed E-state index contributed by atoms with van der Waals surface area (Å²) >= 11 is 0. The number of benzene rings is 3. The zero-order valence-electron chi connectivity index (χ0n) is 19.6. The average molecular weight is 482 g/mol. The molecule has 8 nitrogen and oxygen atoms in total. The maximum Gasteiger partial charge on any atom is 0.336 e. The number of ketones is 1. The zero-order valence-corrected chi connectivity index (χ0v) is 19.6. The summed E-state index contributed by atoms with van der Waals surface area (Å²) in [6, 6.07) is 20.8. The van der Waals surface area contributed by atoms with Gasteiger partial charge in [-0.15, -0.1) is 0 Å². The highest BCUT2D eigenvalue weighted by atomic mass is 16.6. The van der Waals surface area contributed by atoms with Gasteiger partial charge in [0.1, 0.15) is 12.4 Å². The van der Waals surface area contributed by atoms with E-state index in [1.165, 1.54) is 19.2 Å². The monoisotopic (exact) mass is 482 g/mol. The van der Waals surface area contributed by atoms with E-state index in [0.29, 0.717) is 39.4 Å². The van der Waals surface area contributed by atoms with Crippen LogP contribution in [0, 0.1) is 10.1 Å². The predicted octanol–water partition coefficient (Wildman–Crippen LogP) is 4.92.